The maximum atomic E-state index is 6.09. The van der Waals surface area contributed by atoms with E-state index in [4.69, 9.17) is 4.74 Å². The van der Waals surface area contributed by atoms with Crippen molar-refractivity contribution >= 4 is 12.6 Å². The fourth-order valence-corrected chi connectivity index (χ4v) is 3.72. The van der Waals surface area contributed by atoms with Crippen LogP contribution in [0.25, 0.3) is 0 Å². The molecule has 0 N–H and O–H groups in total. The molecule has 2 heteroatoms. The van der Waals surface area contributed by atoms with Crippen LogP contribution < -0.4 is 0 Å². The van der Waals surface area contributed by atoms with Crippen molar-refractivity contribution in [3.8, 4) is 0 Å². The van der Waals surface area contributed by atoms with Crippen LogP contribution in [0.3, 0.4) is 0 Å². The average Bonchev–Trinajstić information content (AvgIpc) is 2.42. The van der Waals surface area contributed by atoms with Crippen molar-refractivity contribution in [3.05, 3.63) is 12.2 Å². The van der Waals surface area contributed by atoms with Gasteiger partial charge in [-0.05, 0) is 43.3 Å². The zero-order chi connectivity index (χ0) is 12.8. The van der Waals surface area contributed by atoms with E-state index >= 15 is 0 Å². The highest BCUT2D eigenvalue weighted by Crippen LogP contribution is 2.38. The lowest BCUT2D eigenvalue weighted by atomic mass is 9.76. The SMILES string of the molecule is CC1CC=CCC1COCC1(CS)CCCCC1. The summed E-state index contributed by atoms with van der Waals surface area (Å²) in [4.78, 5) is 0. The Morgan fingerprint density at radius 2 is 1.89 bits per heavy atom. The van der Waals surface area contributed by atoms with Crippen molar-refractivity contribution in [1.29, 1.82) is 0 Å². The summed E-state index contributed by atoms with van der Waals surface area (Å²) >= 11 is 4.58. The molecule has 0 heterocycles. The Kier molecular flexibility index (Phi) is 5.62. The zero-order valence-electron chi connectivity index (χ0n) is 11.7. The van der Waals surface area contributed by atoms with E-state index in [0.717, 1.165) is 30.8 Å². The van der Waals surface area contributed by atoms with Crippen LogP contribution in [0.1, 0.15) is 51.9 Å². The molecule has 0 bridgehead atoms. The van der Waals surface area contributed by atoms with Crippen molar-refractivity contribution < 1.29 is 4.74 Å². The van der Waals surface area contributed by atoms with E-state index in [9.17, 15) is 0 Å². The molecule has 0 radical (unpaired) electrons. The number of hydrogen-bond donors (Lipinski definition) is 1. The van der Waals surface area contributed by atoms with E-state index in [2.05, 4.69) is 31.7 Å². The number of thiol groups is 1. The summed E-state index contributed by atoms with van der Waals surface area (Å²) < 4.78 is 6.09. The third kappa shape index (κ3) is 3.77. The Hall–Kier alpha value is 0.0500. The van der Waals surface area contributed by atoms with Crippen molar-refractivity contribution in [2.24, 2.45) is 17.3 Å². The maximum absolute atomic E-state index is 6.09. The molecule has 0 amide bonds. The number of ether oxygens (including phenoxy) is 1. The molecule has 2 aliphatic rings. The molecule has 104 valence electrons. The average molecular weight is 268 g/mol. The van der Waals surface area contributed by atoms with Crippen LogP contribution in [0.2, 0.25) is 0 Å². The molecule has 0 aromatic rings. The highest BCUT2D eigenvalue weighted by atomic mass is 32.1. The molecule has 0 aromatic heterocycles. The molecule has 0 spiro atoms. The second kappa shape index (κ2) is 7.00. The highest BCUT2D eigenvalue weighted by Gasteiger charge is 2.31. The minimum Gasteiger partial charge on any atom is -0.381 e. The van der Waals surface area contributed by atoms with Gasteiger partial charge in [0.1, 0.15) is 0 Å². The van der Waals surface area contributed by atoms with Gasteiger partial charge in [0.2, 0.25) is 0 Å². The molecule has 0 aliphatic heterocycles. The van der Waals surface area contributed by atoms with Gasteiger partial charge in [-0.3, -0.25) is 0 Å². The van der Waals surface area contributed by atoms with Gasteiger partial charge in [-0.15, -0.1) is 0 Å². The summed E-state index contributed by atoms with van der Waals surface area (Å²) in [6.07, 6.45) is 13.8. The van der Waals surface area contributed by atoms with Gasteiger partial charge in [-0.2, -0.15) is 12.6 Å². The Morgan fingerprint density at radius 1 is 1.17 bits per heavy atom. The number of hydrogen-bond acceptors (Lipinski definition) is 2. The fourth-order valence-electron chi connectivity index (χ4n) is 3.32. The summed E-state index contributed by atoms with van der Waals surface area (Å²) in [7, 11) is 0. The lowest BCUT2D eigenvalue weighted by Crippen LogP contribution is -2.33. The van der Waals surface area contributed by atoms with Crippen LogP contribution in [0.4, 0.5) is 0 Å². The van der Waals surface area contributed by atoms with Gasteiger partial charge < -0.3 is 4.74 Å². The first-order chi connectivity index (χ1) is 8.76. The topological polar surface area (TPSA) is 9.23 Å². The predicted molar refractivity (Wildman–Crippen MR) is 81.2 cm³/mol. The van der Waals surface area contributed by atoms with Crippen LogP contribution in [-0.2, 0) is 4.74 Å². The van der Waals surface area contributed by atoms with Crippen LogP contribution in [-0.4, -0.2) is 19.0 Å². The molecule has 1 fully saturated rings. The minimum atomic E-state index is 0.384. The first kappa shape index (κ1) is 14.5. The monoisotopic (exact) mass is 268 g/mol. The van der Waals surface area contributed by atoms with Gasteiger partial charge in [0.25, 0.3) is 0 Å². The van der Waals surface area contributed by atoms with Crippen LogP contribution in [0, 0.1) is 17.3 Å². The van der Waals surface area contributed by atoms with E-state index < -0.39 is 0 Å². The molecular formula is C16H28OS. The number of allylic oxidation sites excluding steroid dienone is 2. The van der Waals surface area contributed by atoms with E-state index in [1.807, 2.05) is 0 Å². The standard InChI is InChI=1S/C16H28OS/c1-14-7-3-4-8-15(14)11-17-12-16(13-18)9-5-2-6-10-16/h3-4,14-15,18H,2,5-13H2,1H3. The first-order valence-electron chi connectivity index (χ1n) is 7.59. The minimum absolute atomic E-state index is 0.384. The predicted octanol–water partition coefficient (Wildman–Crippen LogP) is 4.49. The summed E-state index contributed by atoms with van der Waals surface area (Å²) in [6.45, 7) is 4.23. The van der Waals surface area contributed by atoms with Gasteiger partial charge in [0.15, 0.2) is 0 Å². The summed E-state index contributed by atoms with van der Waals surface area (Å²) in [5.74, 6) is 2.51. The van der Waals surface area contributed by atoms with Gasteiger partial charge in [0.05, 0.1) is 6.61 Å². The van der Waals surface area contributed by atoms with Gasteiger partial charge in [-0.25, -0.2) is 0 Å². The molecule has 2 aliphatic carbocycles. The van der Waals surface area contributed by atoms with Gasteiger partial charge in [-0.1, -0.05) is 38.3 Å². The van der Waals surface area contributed by atoms with E-state index in [1.165, 1.54) is 44.9 Å². The largest absolute Gasteiger partial charge is 0.381 e. The summed E-state index contributed by atoms with van der Waals surface area (Å²) in [6, 6.07) is 0. The smallest absolute Gasteiger partial charge is 0.0530 e. The second-order valence-corrected chi connectivity index (χ2v) is 6.73. The quantitative estimate of drug-likeness (QED) is 0.571. The van der Waals surface area contributed by atoms with Crippen molar-refractivity contribution in [2.75, 3.05) is 19.0 Å². The van der Waals surface area contributed by atoms with E-state index in [0.29, 0.717) is 5.41 Å². The normalized spacial score (nSPS) is 31.4. The fraction of sp³-hybridized carbons (Fsp3) is 0.875. The van der Waals surface area contributed by atoms with Gasteiger partial charge in [0, 0.05) is 12.0 Å². The number of rotatable bonds is 5. The lowest BCUT2D eigenvalue weighted by Gasteiger charge is -2.36. The maximum Gasteiger partial charge on any atom is 0.0530 e. The van der Waals surface area contributed by atoms with Crippen molar-refractivity contribution in [3.63, 3.8) is 0 Å². The van der Waals surface area contributed by atoms with E-state index in [-0.39, 0.29) is 0 Å². The first-order valence-corrected chi connectivity index (χ1v) is 8.23. The van der Waals surface area contributed by atoms with E-state index in [1.54, 1.807) is 0 Å². The highest BCUT2D eigenvalue weighted by molar-refractivity contribution is 7.80. The molecule has 18 heavy (non-hydrogen) atoms. The van der Waals surface area contributed by atoms with Crippen LogP contribution in [0.15, 0.2) is 12.2 Å². The molecular weight excluding hydrogens is 240 g/mol. The summed E-state index contributed by atoms with van der Waals surface area (Å²) in [5, 5.41) is 0. The Balaban J connectivity index is 1.74. The third-order valence-electron chi connectivity index (χ3n) is 4.91. The van der Waals surface area contributed by atoms with Gasteiger partial charge >= 0.3 is 0 Å². The van der Waals surface area contributed by atoms with Crippen LogP contribution in [0.5, 0.6) is 0 Å². The summed E-state index contributed by atoms with van der Waals surface area (Å²) in [5.41, 5.74) is 0.384. The molecule has 2 rings (SSSR count). The zero-order valence-corrected chi connectivity index (χ0v) is 12.6. The lowest BCUT2D eigenvalue weighted by molar-refractivity contribution is 0.00803. The van der Waals surface area contributed by atoms with Crippen LogP contribution >= 0.6 is 12.6 Å². The van der Waals surface area contributed by atoms with Crippen molar-refractivity contribution in [1.82, 2.24) is 0 Å². The molecule has 0 saturated heterocycles. The molecule has 2 unspecified atom stereocenters. The molecule has 1 nitrogen and oxygen atoms in total. The molecule has 2 atom stereocenters. The third-order valence-corrected chi connectivity index (χ3v) is 5.58. The second-order valence-electron chi connectivity index (χ2n) is 6.41. The Morgan fingerprint density at radius 3 is 2.56 bits per heavy atom. The Bertz CT molecular complexity index is 268. The van der Waals surface area contributed by atoms with Crippen molar-refractivity contribution in [2.45, 2.75) is 51.9 Å². The molecule has 0 aromatic carbocycles. The molecule has 1 saturated carbocycles. The Labute approximate surface area is 118 Å².